The van der Waals surface area contributed by atoms with E-state index in [9.17, 15) is 4.79 Å². The number of nitrogen functional groups attached to an aromatic ring is 1. The van der Waals surface area contributed by atoms with Gasteiger partial charge in [-0.2, -0.15) is 0 Å². The Labute approximate surface area is 168 Å². The van der Waals surface area contributed by atoms with E-state index in [4.69, 9.17) is 17.4 Å². The third-order valence-electron chi connectivity index (χ3n) is 4.87. The molecule has 2 heterocycles. The van der Waals surface area contributed by atoms with Crippen LogP contribution in [-0.2, 0) is 11.2 Å². The Morgan fingerprint density at radius 1 is 1.37 bits per heavy atom. The Bertz CT molecular complexity index is 760. The molecule has 0 aromatic carbocycles. The van der Waals surface area contributed by atoms with Gasteiger partial charge in [0.05, 0.1) is 10.3 Å². The van der Waals surface area contributed by atoms with Crippen molar-refractivity contribution < 1.29 is 4.79 Å². The number of nitrogens with zero attached hydrogens (tertiary/aromatic N) is 4. The van der Waals surface area contributed by atoms with E-state index < -0.39 is 0 Å². The van der Waals surface area contributed by atoms with Crippen LogP contribution in [0.2, 0.25) is 5.02 Å². The van der Waals surface area contributed by atoms with Gasteiger partial charge in [0.15, 0.2) is 5.82 Å². The lowest BCUT2D eigenvalue weighted by atomic mass is 9.86. The first-order valence-electron chi connectivity index (χ1n) is 9.31. The van der Waals surface area contributed by atoms with Gasteiger partial charge in [0.25, 0.3) is 0 Å². The molecule has 0 saturated heterocycles. The summed E-state index contributed by atoms with van der Waals surface area (Å²) >= 11 is 7.08. The molecular weight excluding hydrogens is 384 g/mol. The van der Waals surface area contributed by atoms with Crippen LogP contribution in [0.3, 0.4) is 0 Å². The van der Waals surface area contributed by atoms with Gasteiger partial charge in [0.1, 0.15) is 5.82 Å². The minimum Gasteiger partial charge on any atom is -0.336 e. The van der Waals surface area contributed by atoms with E-state index in [1.165, 1.54) is 54.7 Å². The summed E-state index contributed by atoms with van der Waals surface area (Å²) in [5.41, 5.74) is 0. The number of aromatic nitrogens is 4. The number of hydrogen-bond acceptors (Lipinski definition) is 6. The lowest BCUT2D eigenvalue weighted by molar-refractivity contribution is -0.115. The lowest BCUT2D eigenvalue weighted by Gasteiger charge is -2.20. The first-order chi connectivity index (χ1) is 13.0. The van der Waals surface area contributed by atoms with Crippen LogP contribution in [0.25, 0.3) is 0 Å². The highest BCUT2D eigenvalue weighted by Gasteiger charge is 2.21. The molecule has 1 atom stereocenters. The zero-order valence-electron chi connectivity index (χ0n) is 15.4. The van der Waals surface area contributed by atoms with Crippen molar-refractivity contribution in [3.05, 3.63) is 29.2 Å². The summed E-state index contributed by atoms with van der Waals surface area (Å²) in [7, 11) is 0. The quantitative estimate of drug-likeness (QED) is 0.535. The zero-order valence-corrected chi connectivity index (χ0v) is 17.0. The van der Waals surface area contributed by atoms with Gasteiger partial charge >= 0.3 is 0 Å². The SMILES string of the molecule is C[C@H](Sc1nnc(CCC2CCCCC2)n1N)C(=O)Nc1ccc(Cl)cn1. The number of carbonyl (C=O) groups excluding carboxylic acids is 1. The largest absolute Gasteiger partial charge is 0.336 e. The number of hydrogen-bond donors (Lipinski definition) is 2. The molecule has 2 aromatic rings. The molecule has 3 rings (SSSR count). The Balaban J connectivity index is 1.52. The molecule has 2 aromatic heterocycles. The molecule has 1 saturated carbocycles. The summed E-state index contributed by atoms with van der Waals surface area (Å²) in [6.07, 6.45) is 10.0. The van der Waals surface area contributed by atoms with Crippen LogP contribution < -0.4 is 11.2 Å². The maximum Gasteiger partial charge on any atom is 0.238 e. The highest BCUT2D eigenvalue weighted by atomic mass is 35.5. The molecule has 1 aliphatic rings. The first kappa shape index (κ1) is 19.9. The van der Waals surface area contributed by atoms with Gasteiger partial charge in [-0.25, -0.2) is 9.66 Å². The molecule has 0 bridgehead atoms. The number of carbonyl (C=O) groups is 1. The number of nitrogens with one attached hydrogen (secondary N) is 1. The summed E-state index contributed by atoms with van der Waals surface area (Å²) < 4.78 is 1.51. The molecule has 1 amide bonds. The summed E-state index contributed by atoms with van der Waals surface area (Å²) in [5, 5.41) is 11.8. The van der Waals surface area contributed by atoms with Gasteiger partial charge in [-0.3, -0.25) is 4.79 Å². The second-order valence-electron chi connectivity index (χ2n) is 6.92. The van der Waals surface area contributed by atoms with Gasteiger partial charge in [-0.05, 0) is 31.4 Å². The highest BCUT2D eigenvalue weighted by Crippen LogP contribution is 2.28. The monoisotopic (exact) mass is 408 g/mol. The van der Waals surface area contributed by atoms with Gasteiger partial charge in [-0.15, -0.1) is 10.2 Å². The first-order valence-corrected chi connectivity index (χ1v) is 10.6. The number of nitrogens with two attached hydrogens (primary N) is 1. The molecule has 0 unspecified atom stereocenters. The number of anilines is 1. The Morgan fingerprint density at radius 2 is 2.15 bits per heavy atom. The minimum absolute atomic E-state index is 0.179. The topological polar surface area (TPSA) is 98.7 Å². The summed E-state index contributed by atoms with van der Waals surface area (Å²) in [6, 6.07) is 3.34. The smallest absolute Gasteiger partial charge is 0.238 e. The third-order valence-corrected chi connectivity index (χ3v) is 6.15. The summed E-state index contributed by atoms with van der Waals surface area (Å²) in [5.74, 6) is 7.97. The highest BCUT2D eigenvalue weighted by molar-refractivity contribution is 8.00. The molecule has 3 N–H and O–H groups in total. The fraction of sp³-hybridized carbons (Fsp3) is 0.556. The van der Waals surface area contributed by atoms with Crippen molar-refractivity contribution in [1.82, 2.24) is 19.9 Å². The molecule has 7 nitrogen and oxygen atoms in total. The number of pyridine rings is 1. The van der Waals surface area contributed by atoms with Crippen molar-refractivity contribution in [2.75, 3.05) is 11.2 Å². The Kier molecular flexibility index (Phi) is 6.95. The second kappa shape index (κ2) is 9.41. The number of thioether (sulfide) groups is 1. The third kappa shape index (κ3) is 5.59. The fourth-order valence-corrected chi connectivity index (χ4v) is 4.16. The van der Waals surface area contributed by atoms with Gasteiger partial charge in [0.2, 0.25) is 11.1 Å². The lowest BCUT2D eigenvalue weighted by Crippen LogP contribution is -2.24. The van der Waals surface area contributed by atoms with E-state index in [-0.39, 0.29) is 11.2 Å². The minimum atomic E-state index is -0.389. The number of amides is 1. The zero-order chi connectivity index (χ0) is 19.2. The molecular formula is C18H25ClN6OS. The molecule has 27 heavy (non-hydrogen) atoms. The average molecular weight is 409 g/mol. The van der Waals surface area contributed by atoms with Crippen molar-refractivity contribution in [3.8, 4) is 0 Å². The van der Waals surface area contributed by atoms with Crippen LogP contribution in [0.15, 0.2) is 23.5 Å². The van der Waals surface area contributed by atoms with Crippen molar-refractivity contribution in [3.63, 3.8) is 0 Å². The predicted molar refractivity (Wildman–Crippen MR) is 108 cm³/mol. The van der Waals surface area contributed by atoms with Crippen LogP contribution in [0.4, 0.5) is 5.82 Å². The maximum atomic E-state index is 12.3. The van der Waals surface area contributed by atoms with Crippen molar-refractivity contribution in [2.45, 2.75) is 62.3 Å². The Hall–Kier alpha value is -1.80. The molecule has 1 fully saturated rings. The Morgan fingerprint density at radius 3 is 2.85 bits per heavy atom. The summed E-state index contributed by atoms with van der Waals surface area (Å²) in [4.78, 5) is 16.4. The van der Waals surface area contributed by atoms with Crippen molar-refractivity contribution >= 4 is 35.1 Å². The van der Waals surface area contributed by atoms with Crippen molar-refractivity contribution in [2.24, 2.45) is 5.92 Å². The van der Waals surface area contributed by atoms with E-state index >= 15 is 0 Å². The molecule has 0 radical (unpaired) electrons. The summed E-state index contributed by atoms with van der Waals surface area (Å²) in [6.45, 7) is 1.80. The predicted octanol–water partition coefficient (Wildman–Crippen LogP) is 3.67. The van der Waals surface area contributed by atoms with Crippen LogP contribution in [0.1, 0.15) is 51.3 Å². The van der Waals surface area contributed by atoms with E-state index in [1.54, 1.807) is 19.1 Å². The van der Waals surface area contributed by atoms with Gasteiger partial charge < -0.3 is 11.2 Å². The molecule has 0 spiro atoms. The average Bonchev–Trinajstić information content (AvgIpc) is 3.02. The van der Waals surface area contributed by atoms with E-state index in [0.29, 0.717) is 16.0 Å². The number of halogens is 1. The molecule has 146 valence electrons. The molecule has 9 heteroatoms. The molecule has 0 aliphatic heterocycles. The van der Waals surface area contributed by atoms with E-state index in [0.717, 1.165) is 24.6 Å². The van der Waals surface area contributed by atoms with Gasteiger partial charge in [0, 0.05) is 12.6 Å². The maximum absolute atomic E-state index is 12.3. The van der Waals surface area contributed by atoms with Gasteiger partial charge in [-0.1, -0.05) is 55.5 Å². The van der Waals surface area contributed by atoms with E-state index in [1.807, 2.05) is 0 Å². The molecule has 1 aliphatic carbocycles. The van der Waals surface area contributed by atoms with Crippen molar-refractivity contribution in [1.29, 1.82) is 0 Å². The normalized spacial score (nSPS) is 16.2. The standard InChI is InChI=1S/C18H25ClN6OS/c1-12(17(26)22-15-9-8-14(19)11-21-15)27-18-24-23-16(25(18)20)10-7-13-5-3-2-4-6-13/h8-9,11-13H,2-7,10,20H2,1H3,(H,21,22,26)/t12-/m0/s1. The fourth-order valence-electron chi connectivity index (χ4n) is 3.26. The van der Waals surface area contributed by atoms with Crippen LogP contribution in [0, 0.1) is 5.92 Å². The van der Waals surface area contributed by atoms with Crippen LogP contribution >= 0.6 is 23.4 Å². The number of aryl methyl sites for hydroxylation is 1. The van der Waals surface area contributed by atoms with E-state index in [2.05, 4.69) is 20.5 Å². The van der Waals surface area contributed by atoms with Crippen LogP contribution in [0.5, 0.6) is 0 Å². The number of rotatable bonds is 7. The van der Waals surface area contributed by atoms with Crippen LogP contribution in [-0.4, -0.2) is 31.0 Å². The second-order valence-corrected chi connectivity index (χ2v) is 8.67.